The van der Waals surface area contributed by atoms with E-state index < -0.39 is 0 Å². The highest BCUT2D eigenvalue weighted by atomic mass is 16.2. The van der Waals surface area contributed by atoms with Gasteiger partial charge in [0.25, 0.3) is 0 Å². The zero-order chi connectivity index (χ0) is 11.0. The fraction of sp³-hybridized carbons (Fsp3) is 0.333. The van der Waals surface area contributed by atoms with Crippen LogP contribution in [0.4, 0.5) is 0 Å². The minimum atomic E-state index is 0.281. The van der Waals surface area contributed by atoms with Crippen LogP contribution in [0.25, 0.3) is 10.8 Å². The standard InChI is InChI=1S/C15H16O/c16-10-2-4-11-6-7-13-9-8-12-3-1-5-14(11)15(12)13/h1,3,5-7,16H,2,4,8-10H2. The molecule has 0 amide bonds. The summed E-state index contributed by atoms with van der Waals surface area (Å²) in [5.41, 5.74) is 4.38. The van der Waals surface area contributed by atoms with Crippen molar-refractivity contribution in [3.05, 3.63) is 47.0 Å². The number of aryl methyl sites for hydroxylation is 3. The molecule has 0 saturated carbocycles. The Labute approximate surface area is 95.7 Å². The fourth-order valence-corrected chi connectivity index (χ4v) is 2.79. The minimum absolute atomic E-state index is 0.281. The van der Waals surface area contributed by atoms with Crippen LogP contribution < -0.4 is 0 Å². The predicted octanol–water partition coefficient (Wildman–Crippen LogP) is 2.86. The summed E-state index contributed by atoms with van der Waals surface area (Å²) in [4.78, 5) is 0. The number of hydrogen-bond donors (Lipinski definition) is 1. The maximum Gasteiger partial charge on any atom is 0.0434 e. The van der Waals surface area contributed by atoms with Gasteiger partial charge < -0.3 is 5.11 Å². The van der Waals surface area contributed by atoms with Crippen LogP contribution in [0.2, 0.25) is 0 Å². The van der Waals surface area contributed by atoms with E-state index in [0.29, 0.717) is 0 Å². The maximum absolute atomic E-state index is 8.92. The summed E-state index contributed by atoms with van der Waals surface area (Å²) in [5.74, 6) is 0. The quantitative estimate of drug-likeness (QED) is 0.829. The van der Waals surface area contributed by atoms with Gasteiger partial charge in [0.05, 0.1) is 0 Å². The Bertz CT molecular complexity index is 518. The third-order valence-electron chi connectivity index (χ3n) is 3.57. The normalized spacial score (nSPS) is 13.6. The van der Waals surface area contributed by atoms with E-state index in [2.05, 4.69) is 30.3 Å². The second-order valence-electron chi connectivity index (χ2n) is 4.55. The van der Waals surface area contributed by atoms with Crippen LogP contribution in [0.3, 0.4) is 0 Å². The SMILES string of the molecule is OCCCc1ccc2c3c(cccc13)CC2. The van der Waals surface area contributed by atoms with E-state index in [1.54, 1.807) is 0 Å². The van der Waals surface area contributed by atoms with Crippen LogP contribution >= 0.6 is 0 Å². The van der Waals surface area contributed by atoms with Gasteiger partial charge in [-0.15, -0.1) is 0 Å². The van der Waals surface area contributed by atoms with Crippen LogP contribution in [0.5, 0.6) is 0 Å². The summed E-state index contributed by atoms with van der Waals surface area (Å²) < 4.78 is 0. The van der Waals surface area contributed by atoms with E-state index in [1.165, 1.54) is 40.3 Å². The molecule has 16 heavy (non-hydrogen) atoms. The second kappa shape index (κ2) is 3.91. The molecule has 0 atom stereocenters. The Balaban J connectivity index is 2.18. The van der Waals surface area contributed by atoms with Gasteiger partial charge in [0.2, 0.25) is 0 Å². The van der Waals surface area contributed by atoms with E-state index in [4.69, 9.17) is 5.11 Å². The maximum atomic E-state index is 8.92. The van der Waals surface area contributed by atoms with Crippen LogP contribution in [0.1, 0.15) is 23.1 Å². The summed E-state index contributed by atoms with van der Waals surface area (Å²) in [5, 5.41) is 11.8. The molecule has 2 aromatic rings. The van der Waals surface area contributed by atoms with E-state index >= 15 is 0 Å². The first-order valence-corrected chi connectivity index (χ1v) is 6.03. The number of rotatable bonds is 3. The van der Waals surface area contributed by atoms with Gasteiger partial charge in [-0.3, -0.25) is 0 Å². The molecule has 2 aromatic carbocycles. The number of hydrogen-bond acceptors (Lipinski definition) is 1. The summed E-state index contributed by atoms with van der Waals surface area (Å²) in [6.45, 7) is 0.281. The van der Waals surface area contributed by atoms with Crippen molar-refractivity contribution >= 4 is 10.8 Å². The molecule has 0 spiro atoms. The van der Waals surface area contributed by atoms with Crippen molar-refractivity contribution in [3.63, 3.8) is 0 Å². The molecular weight excluding hydrogens is 196 g/mol. The molecule has 0 radical (unpaired) electrons. The molecule has 0 saturated heterocycles. The first-order chi connectivity index (χ1) is 7.90. The van der Waals surface area contributed by atoms with Crippen molar-refractivity contribution in [2.24, 2.45) is 0 Å². The van der Waals surface area contributed by atoms with E-state index in [-0.39, 0.29) is 6.61 Å². The molecule has 0 aromatic heterocycles. The van der Waals surface area contributed by atoms with Crippen molar-refractivity contribution in [1.29, 1.82) is 0 Å². The Morgan fingerprint density at radius 1 is 1.00 bits per heavy atom. The first kappa shape index (κ1) is 9.86. The molecule has 1 aliphatic carbocycles. The van der Waals surface area contributed by atoms with Crippen LogP contribution in [0, 0.1) is 0 Å². The van der Waals surface area contributed by atoms with Gasteiger partial charge in [-0.2, -0.15) is 0 Å². The van der Waals surface area contributed by atoms with E-state index in [1.807, 2.05) is 0 Å². The van der Waals surface area contributed by atoms with Gasteiger partial charge in [-0.25, -0.2) is 0 Å². The zero-order valence-electron chi connectivity index (χ0n) is 9.37. The molecule has 82 valence electrons. The number of aliphatic hydroxyl groups is 1. The molecule has 3 rings (SSSR count). The van der Waals surface area contributed by atoms with Gasteiger partial charge in [-0.1, -0.05) is 30.3 Å². The summed E-state index contributed by atoms with van der Waals surface area (Å²) in [7, 11) is 0. The minimum Gasteiger partial charge on any atom is -0.396 e. The van der Waals surface area contributed by atoms with Gasteiger partial charge in [-0.05, 0) is 53.1 Å². The molecule has 0 heterocycles. The summed E-state index contributed by atoms with van der Waals surface area (Å²) in [6.07, 6.45) is 4.22. The summed E-state index contributed by atoms with van der Waals surface area (Å²) in [6, 6.07) is 11.1. The highest BCUT2D eigenvalue weighted by Gasteiger charge is 2.15. The van der Waals surface area contributed by atoms with Crippen molar-refractivity contribution in [2.75, 3.05) is 6.61 Å². The van der Waals surface area contributed by atoms with Gasteiger partial charge >= 0.3 is 0 Å². The van der Waals surface area contributed by atoms with Crippen LogP contribution in [0.15, 0.2) is 30.3 Å². The third-order valence-corrected chi connectivity index (χ3v) is 3.57. The number of aliphatic hydroxyl groups excluding tert-OH is 1. The predicted molar refractivity (Wildman–Crippen MR) is 66.8 cm³/mol. The molecule has 1 nitrogen and oxygen atoms in total. The van der Waals surface area contributed by atoms with Gasteiger partial charge in [0.1, 0.15) is 0 Å². The molecule has 1 aliphatic rings. The first-order valence-electron chi connectivity index (χ1n) is 6.03. The largest absolute Gasteiger partial charge is 0.396 e. The highest BCUT2D eigenvalue weighted by Crippen LogP contribution is 2.33. The molecular formula is C15H16O. The molecule has 1 N–H and O–H groups in total. The Morgan fingerprint density at radius 3 is 2.62 bits per heavy atom. The Kier molecular flexibility index (Phi) is 2.41. The van der Waals surface area contributed by atoms with Gasteiger partial charge in [0.15, 0.2) is 0 Å². The third kappa shape index (κ3) is 1.43. The van der Waals surface area contributed by atoms with Crippen molar-refractivity contribution < 1.29 is 5.11 Å². The molecule has 0 aliphatic heterocycles. The van der Waals surface area contributed by atoms with E-state index in [0.717, 1.165) is 12.8 Å². The number of benzene rings is 2. The lowest BCUT2D eigenvalue weighted by molar-refractivity contribution is 0.289. The Hall–Kier alpha value is -1.34. The Morgan fingerprint density at radius 2 is 1.81 bits per heavy atom. The monoisotopic (exact) mass is 212 g/mol. The topological polar surface area (TPSA) is 20.2 Å². The zero-order valence-corrected chi connectivity index (χ0v) is 9.37. The van der Waals surface area contributed by atoms with Crippen molar-refractivity contribution in [2.45, 2.75) is 25.7 Å². The van der Waals surface area contributed by atoms with Crippen molar-refractivity contribution in [3.8, 4) is 0 Å². The molecule has 0 bridgehead atoms. The molecule has 1 heteroatoms. The molecule has 0 fully saturated rings. The van der Waals surface area contributed by atoms with Crippen molar-refractivity contribution in [1.82, 2.24) is 0 Å². The second-order valence-corrected chi connectivity index (χ2v) is 4.55. The highest BCUT2D eigenvalue weighted by molar-refractivity contribution is 5.93. The fourth-order valence-electron chi connectivity index (χ4n) is 2.79. The molecule has 0 unspecified atom stereocenters. The van der Waals surface area contributed by atoms with Crippen LogP contribution in [-0.4, -0.2) is 11.7 Å². The van der Waals surface area contributed by atoms with Crippen LogP contribution in [-0.2, 0) is 19.3 Å². The lowest BCUT2D eigenvalue weighted by Gasteiger charge is -2.08. The summed E-state index contributed by atoms with van der Waals surface area (Å²) >= 11 is 0. The van der Waals surface area contributed by atoms with Gasteiger partial charge in [0, 0.05) is 6.61 Å². The average Bonchev–Trinajstić information content (AvgIpc) is 2.74. The average molecular weight is 212 g/mol. The van der Waals surface area contributed by atoms with E-state index in [9.17, 15) is 0 Å². The lowest BCUT2D eigenvalue weighted by Crippen LogP contribution is -1.92. The lowest BCUT2D eigenvalue weighted by atomic mass is 9.97. The smallest absolute Gasteiger partial charge is 0.0434 e.